The van der Waals surface area contributed by atoms with Crippen molar-refractivity contribution in [3.8, 4) is 5.75 Å². The number of rotatable bonds is 7. The molecule has 0 aliphatic carbocycles. The van der Waals surface area contributed by atoms with Crippen LogP contribution in [0.15, 0.2) is 18.2 Å². The fraction of sp³-hybridized carbons (Fsp3) is 0.667. The fourth-order valence-corrected chi connectivity index (χ4v) is 3.07. The monoisotopic (exact) mass is 275 g/mol. The Hall–Kier alpha value is -1.02. The van der Waals surface area contributed by atoms with Gasteiger partial charge in [0.25, 0.3) is 0 Å². The largest absolute Gasteiger partial charge is 0.490 e. The normalized spacial score (nSPS) is 18.9. The summed E-state index contributed by atoms with van der Waals surface area (Å²) in [6, 6.07) is 7.12. The van der Waals surface area contributed by atoms with E-state index < -0.39 is 0 Å². The number of nitrogens with one attached hydrogen (secondary N) is 1. The molecule has 0 saturated carbocycles. The summed E-state index contributed by atoms with van der Waals surface area (Å²) < 4.78 is 6.12. The summed E-state index contributed by atoms with van der Waals surface area (Å²) in [5, 5.41) is 3.58. The van der Waals surface area contributed by atoms with E-state index in [0.717, 1.165) is 24.6 Å². The van der Waals surface area contributed by atoms with Gasteiger partial charge in [0.05, 0.1) is 0 Å². The minimum Gasteiger partial charge on any atom is -0.490 e. The average Bonchev–Trinajstić information content (AvgIpc) is 2.77. The smallest absolute Gasteiger partial charge is 0.123 e. The third-order valence-corrected chi connectivity index (χ3v) is 4.07. The van der Waals surface area contributed by atoms with Gasteiger partial charge in [0.1, 0.15) is 11.9 Å². The zero-order valence-corrected chi connectivity index (χ0v) is 13.4. The van der Waals surface area contributed by atoms with Crippen LogP contribution in [0.3, 0.4) is 0 Å². The molecule has 20 heavy (non-hydrogen) atoms. The fourth-order valence-electron chi connectivity index (χ4n) is 3.07. The van der Waals surface area contributed by atoms with E-state index in [1.807, 2.05) is 0 Å². The van der Waals surface area contributed by atoms with Gasteiger partial charge in [-0.2, -0.15) is 0 Å². The Balaban J connectivity index is 1.89. The first kappa shape index (κ1) is 15.4. The first-order valence-electron chi connectivity index (χ1n) is 8.08. The van der Waals surface area contributed by atoms with Crippen molar-refractivity contribution in [3.63, 3.8) is 0 Å². The minimum absolute atomic E-state index is 0.373. The Labute approximate surface area is 123 Å². The predicted octanol–water partition coefficient (Wildman–Crippen LogP) is 4.10. The van der Waals surface area contributed by atoms with Crippen molar-refractivity contribution in [2.24, 2.45) is 5.92 Å². The SMILES string of the molecule is CCCC(CNC(C)C)CC1Cc2cc(C)ccc2O1. The van der Waals surface area contributed by atoms with Gasteiger partial charge in [0.2, 0.25) is 0 Å². The van der Waals surface area contributed by atoms with Gasteiger partial charge in [-0.1, -0.05) is 44.9 Å². The lowest BCUT2D eigenvalue weighted by Gasteiger charge is -2.22. The molecule has 1 heterocycles. The molecule has 1 N–H and O–H groups in total. The molecule has 2 unspecified atom stereocenters. The van der Waals surface area contributed by atoms with Crippen molar-refractivity contribution in [3.05, 3.63) is 29.3 Å². The number of benzene rings is 1. The van der Waals surface area contributed by atoms with Gasteiger partial charge in [-0.05, 0) is 43.9 Å². The average molecular weight is 275 g/mol. The van der Waals surface area contributed by atoms with Crippen LogP contribution in [-0.2, 0) is 6.42 Å². The second-order valence-corrected chi connectivity index (χ2v) is 6.51. The Morgan fingerprint density at radius 3 is 2.85 bits per heavy atom. The van der Waals surface area contributed by atoms with E-state index in [1.54, 1.807) is 0 Å². The third kappa shape index (κ3) is 4.24. The summed E-state index contributed by atoms with van der Waals surface area (Å²) in [7, 11) is 0. The van der Waals surface area contributed by atoms with E-state index in [1.165, 1.54) is 30.4 Å². The van der Waals surface area contributed by atoms with Gasteiger partial charge in [-0.15, -0.1) is 0 Å². The molecule has 2 nitrogen and oxygen atoms in total. The third-order valence-electron chi connectivity index (χ3n) is 4.07. The summed E-state index contributed by atoms with van der Waals surface area (Å²) >= 11 is 0. The standard InChI is InChI=1S/C18H29NO/c1-5-6-15(12-19-13(2)3)10-17-11-16-9-14(4)7-8-18(16)20-17/h7-9,13,15,17,19H,5-6,10-12H2,1-4H3. The van der Waals surface area contributed by atoms with Crippen LogP contribution in [0.5, 0.6) is 5.75 Å². The molecule has 0 spiro atoms. The molecule has 1 aliphatic rings. The lowest BCUT2D eigenvalue weighted by atomic mass is 9.94. The molecule has 0 fully saturated rings. The number of aryl methyl sites for hydroxylation is 1. The second kappa shape index (κ2) is 7.12. The van der Waals surface area contributed by atoms with Crippen molar-refractivity contribution in [1.29, 1.82) is 0 Å². The quantitative estimate of drug-likeness (QED) is 0.809. The second-order valence-electron chi connectivity index (χ2n) is 6.51. The first-order valence-corrected chi connectivity index (χ1v) is 8.08. The summed E-state index contributed by atoms with van der Waals surface area (Å²) in [6.45, 7) is 9.97. The Morgan fingerprint density at radius 2 is 2.15 bits per heavy atom. The molecule has 2 rings (SSSR count). The van der Waals surface area contributed by atoms with Crippen LogP contribution < -0.4 is 10.1 Å². The molecule has 0 saturated heterocycles. The Kier molecular flexibility index (Phi) is 5.47. The van der Waals surface area contributed by atoms with Crippen LogP contribution in [0.2, 0.25) is 0 Å². The van der Waals surface area contributed by atoms with Crippen molar-refractivity contribution in [2.45, 2.75) is 65.5 Å². The van der Waals surface area contributed by atoms with Crippen molar-refractivity contribution in [1.82, 2.24) is 5.32 Å². The van der Waals surface area contributed by atoms with Gasteiger partial charge in [0.15, 0.2) is 0 Å². The molecule has 0 amide bonds. The van der Waals surface area contributed by atoms with Gasteiger partial charge in [-0.3, -0.25) is 0 Å². The molecule has 0 radical (unpaired) electrons. The van der Waals surface area contributed by atoms with Crippen LogP contribution in [0, 0.1) is 12.8 Å². The summed E-state index contributed by atoms with van der Waals surface area (Å²) in [6.07, 6.45) is 5.16. The van der Waals surface area contributed by atoms with E-state index in [0.29, 0.717) is 12.1 Å². The van der Waals surface area contributed by atoms with E-state index in [2.05, 4.69) is 51.2 Å². The summed E-state index contributed by atoms with van der Waals surface area (Å²) in [5.41, 5.74) is 2.72. The van der Waals surface area contributed by atoms with Gasteiger partial charge >= 0.3 is 0 Å². The van der Waals surface area contributed by atoms with Gasteiger partial charge < -0.3 is 10.1 Å². The minimum atomic E-state index is 0.373. The number of ether oxygens (including phenoxy) is 1. The molecular formula is C18H29NO. The Morgan fingerprint density at radius 1 is 1.35 bits per heavy atom. The molecule has 2 atom stereocenters. The maximum absolute atomic E-state index is 6.12. The van der Waals surface area contributed by atoms with Crippen molar-refractivity contribution >= 4 is 0 Å². The van der Waals surface area contributed by atoms with E-state index in [4.69, 9.17) is 4.74 Å². The van der Waals surface area contributed by atoms with Crippen molar-refractivity contribution < 1.29 is 4.74 Å². The van der Waals surface area contributed by atoms with E-state index in [-0.39, 0.29) is 0 Å². The molecule has 1 aromatic carbocycles. The highest BCUT2D eigenvalue weighted by atomic mass is 16.5. The van der Waals surface area contributed by atoms with Crippen LogP contribution >= 0.6 is 0 Å². The maximum atomic E-state index is 6.12. The lowest BCUT2D eigenvalue weighted by molar-refractivity contribution is 0.186. The van der Waals surface area contributed by atoms with Crippen molar-refractivity contribution in [2.75, 3.05) is 6.54 Å². The zero-order valence-electron chi connectivity index (χ0n) is 13.4. The molecule has 0 aromatic heterocycles. The summed E-state index contributed by atoms with van der Waals surface area (Å²) in [4.78, 5) is 0. The zero-order chi connectivity index (χ0) is 14.5. The number of hydrogen-bond donors (Lipinski definition) is 1. The van der Waals surface area contributed by atoms with Crippen LogP contribution in [-0.4, -0.2) is 18.7 Å². The van der Waals surface area contributed by atoms with Crippen LogP contribution in [0.25, 0.3) is 0 Å². The lowest BCUT2D eigenvalue weighted by Crippen LogP contribution is -2.31. The number of fused-ring (bicyclic) bond motifs is 1. The topological polar surface area (TPSA) is 21.3 Å². The molecule has 1 aromatic rings. The highest BCUT2D eigenvalue weighted by Gasteiger charge is 2.25. The highest BCUT2D eigenvalue weighted by molar-refractivity contribution is 5.40. The van der Waals surface area contributed by atoms with Crippen LogP contribution in [0.1, 0.15) is 51.2 Å². The molecule has 1 aliphatic heterocycles. The highest BCUT2D eigenvalue weighted by Crippen LogP contribution is 2.32. The molecular weight excluding hydrogens is 246 g/mol. The molecule has 0 bridgehead atoms. The van der Waals surface area contributed by atoms with Gasteiger partial charge in [-0.25, -0.2) is 0 Å². The van der Waals surface area contributed by atoms with E-state index in [9.17, 15) is 0 Å². The molecule has 112 valence electrons. The molecule has 2 heteroatoms. The predicted molar refractivity (Wildman–Crippen MR) is 85.5 cm³/mol. The van der Waals surface area contributed by atoms with E-state index >= 15 is 0 Å². The van der Waals surface area contributed by atoms with Gasteiger partial charge in [0, 0.05) is 12.5 Å². The number of hydrogen-bond acceptors (Lipinski definition) is 2. The van der Waals surface area contributed by atoms with Crippen LogP contribution in [0.4, 0.5) is 0 Å². The first-order chi connectivity index (χ1) is 9.58. The maximum Gasteiger partial charge on any atom is 0.123 e. The summed E-state index contributed by atoms with van der Waals surface area (Å²) in [5.74, 6) is 1.83. The Bertz CT molecular complexity index is 427.